The van der Waals surface area contributed by atoms with E-state index in [4.69, 9.17) is 4.74 Å². The first kappa shape index (κ1) is 19.4. The van der Waals surface area contributed by atoms with E-state index in [2.05, 4.69) is 20.8 Å². The van der Waals surface area contributed by atoms with Crippen molar-refractivity contribution >= 4 is 22.3 Å². The number of alkyl halides is 2. The van der Waals surface area contributed by atoms with Gasteiger partial charge in [-0.25, -0.2) is 13.2 Å². The predicted octanol–water partition coefficient (Wildman–Crippen LogP) is 5.08. The second-order valence-electron chi connectivity index (χ2n) is 7.11. The maximum absolute atomic E-state index is 14.5. The second kappa shape index (κ2) is 8.24. The number of aromatic nitrogens is 2. The van der Waals surface area contributed by atoms with Crippen LogP contribution >= 0.6 is 0 Å². The normalized spacial score (nSPS) is 17.6. The average Bonchev–Trinajstić information content (AvgIpc) is 3.21. The number of ether oxygens (including phenoxy) is 1. The Labute approximate surface area is 166 Å². The quantitative estimate of drug-likeness (QED) is 0.602. The summed E-state index contributed by atoms with van der Waals surface area (Å²) in [4.78, 5) is 0. The first-order valence-corrected chi connectivity index (χ1v) is 9.45. The molecule has 3 aromatic rings. The van der Waals surface area contributed by atoms with Crippen molar-refractivity contribution in [3.05, 3.63) is 59.5 Å². The Balaban J connectivity index is 1.62. The second-order valence-corrected chi connectivity index (χ2v) is 7.11. The van der Waals surface area contributed by atoms with Gasteiger partial charge in [-0.15, -0.1) is 0 Å². The molecule has 1 aliphatic rings. The number of nitrogens with zero attached hydrogens (tertiary/aromatic N) is 2. The summed E-state index contributed by atoms with van der Waals surface area (Å²) in [5, 5.41) is 15.6. The van der Waals surface area contributed by atoms with Crippen LogP contribution in [0.4, 0.5) is 24.5 Å². The average molecular weight is 402 g/mol. The summed E-state index contributed by atoms with van der Waals surface area (Å²) < 4.78 is 46.0. The van der Waals surface area contributed by atoms with E-state index in [9.17, 15) is 13.2 Å². The van der Waals surface area contributed by atoms with Crippen LogP contribution in [0.5, 0.6) is 0 Å². The molecule has 0 radical (unpaired) electrons. The summed E-state index contributed by atoms with van der Waals surface area (Å²) in [5.74, 6) is -0.891. The molecule has 8 heteroatoms. The molecule has 0 aliphatic carbocycles. The molecule has 2 N–H and O–H groups in total. The van der Waals surface area contributed by atoms with Gasteiger partial charge in [0.1, 0.15) is 5.82 Å². The van der Waals surface area contributed by atoms with E-state index in [1.807, 2.05) is 18.2 Å². The number of nitrogens with one attached hydrogen (secondary N) is 2. The maximum atomic E-state index is 14.5. The lowest BCUT2D eigenvalue weighted by atomic mass is 10.0. The molecule has 1 fully saturated rings. The van der Waals surface area contributed by atoms with Crippen molar-refractivity contribution in [2.75, 3.05) is 23.8 Å². The Hall–Kier alpha value is -2.87. The zero-order valence-electron chi connectivity index (χ0n) is 15.8. The lowest BCUT2D eigenvalue weighted by molar-refractivity contribution is 0.146. The number of halogens is 3. The van der Waals surface area contributed by atoms with E-state index in [-0.39, 0.29) is 11.6 Å². The van der Waals surface area contributed by atoms with Crippen molar-refractivity contribution in [1.82, 2.24) is 10.2 Å². The van der Waals surface area contributed by atoms with Crippen LogP contribution in [0.2, 0.25) is 0 Å². The van der Waals surface area contributed by atoms with Crippen LogP contribution in [-0.2, 0) is 4.74 Å². The lowest BCUT2D eigenvalue weighted by Gasteiger charge is -2.19. The third kappa shape index (κ3) is 4.12. The highest BCUT2D eigenvalue weighted by atomic mass is 19.3. The molecule has 4 rings (SSSR count). The number of rotatable bonds is 6. The van der Waals surface area contributed by atoms with Crippen LogP contribution in [-0.4, -0.2) is 29.5 Å². The highest BCUT2D eigenvalue weighted by molar-refractivity contribution is 5.92. The van der Waals surface area contributed by atoms with Gasteiger partial charge < -0.3 is 15.4 Å². The van der Waals surface area contributed by atoms with E-state index in [0.717, 1.165) is 30.2 Å². The van der Waals surface area contributed by atoms with Crippen molar-refractivity contribution in [3.8, 4) is 0 Å². The van der Waals surface area contributed by atoms with Crippen LogP contribution in [0.25, 0.3) is 10.9 Å². The SMILES string of the molecule is C[C@@H](Nc1cnnc2ccc(N[C@H]3CCOC3)cc12)c1cccc(C(F)F)c1F. The smallest absolute Gasteiger partial charge is 0.266 e. The summed E-state index contributed by atoms with van der Waals surface area (Å²) >= 11 is 0. The van der Waals surface area contributed by atoms with Gasteiger partial charge in [-0.1, -0.05) is 18.2 Å². The van der Waals surface area contributed by atoms with Crippen molar-refractivity contribution in [2.45, 2.75) is 31.9 Å². The summed E-state index contributed by atoms with van der Waals surface area (Å²) in [6.07, 6.45) is -0.371. The van der Waals surface area contributed by atoms with Gasteiger partial charge >= 0.3 is 0 Å². The molecule has 0 spiro atoms. The highest BCUT2D eigenvalue weighted by Crippen LogP contribution is 2.31. The van der Waals surface area contributed by atoms with Gasteiger partial charge in [0.15, 0.2) is 0 Å². The van der Waals surface area contributed by atoms with Crippen molar-refractivity contribution in [2.24, 2.45) is 0 Å². The zero-order chi connectivity index (χ0) is 20.4. The molecule has 1 aliphatic heterocycles. The molecule has 29 heavy (non-hydrogen) atoms. The molecule has 2 atom stereocenters. The Morgan fingerprint density at radius 2 is 2.00 bits per heavy atom. The third-order valence-corrected chi connectivity index (χ3v) is 5.07. The van der Waals surface area contributed by atoms with E-state index < -0.39 is 23.8 Å². The fraction of sp³-hybridized carbons (Fsp3) is 0.333. The van der Waals surface area contributed by atoms with Gasteiger partial charge in [0.25, 0.3) is 6.43 Å². The van der Waals surface area contributed by atoms with Crippen molar-refractivity contribution in [1.29, 1.82) is 0 Å². The van der Waals surface area contributed by atoms with E-state index >= 15 is 0 Å². The minimum atomic E-state index is -2.86. The van der Waals surface area contributed by atoms with Crippen molar-refractivity contribution < 1.29 is 17.9 Å². The first-order chi connectivity index (χ1) is 14.0. The van der Waals surface area contributed by atoms with E-state index in [1.54, 1.807) is 13.1 Å². The van der Waals surface area contributed by atoms with E-state index in [1.165, 1.54) is 12.1 Å². The Kier molecular flexibility index (Phi) is 5.53. The van der Waals surface area contributed by atoms with Gasteiger partial charge in [-0.3, -0.25) is 0 Å². The fourth-order valence-electron chi connectivity index (χ4n) is 3.53. The van der Waals surface area contributed by atoms with E-state index in [0.29, 0.717) is 17.8 Å². The van der Waals surface area contributed by atoms with Crippen LogP contribution < -0.4 is 10.6 Å². The first-order valence-electron chi connectivity index (χ1n) is 9.45. The largest absolute Gasteiger partial charge is 0.380 e. The van der Waals surface area contributed by atoms with Gasteiger partial charge in [-0.2, -0.15) is 10.2 Å². The molecule has 152 valence electrons. The molecule has 0 saturated carbocycles. The number of anilines is 2. The molecular formula is C21H21F3N4O. The Morgan fingerprint density at radius 3 is 2.76 bits per heavy atom. The number of hydrogen-bond donors (Lipinski definition) is 2. The molecule has 0 unspecified atom stereocenters. The van der Waals surface area contributed by atoms with Crippen LogP contribution in [0, 0.1) is 5.82 Å². The molecule has 0 amide bonds. The highest BCUT2D eigenvalue weighted by Gasteiger charge is 2.20. The van der Waals surface area contributed by atoms with Crippen LogP contribution in [0.3, 0.4) is 0 Å². The molecule has 2 heterocycles. The molecule has 0 bridgehead atoms. The zero-order valence-corrected chi connectivity index (χ0v) is 15.8. The number of hydrogen-bond acceptors (Lipinski definition) is 5. The van der Waals surface area contributed by atoms with Crippen LogP contribution in [0.1, 0.15) is 36.9 Å². The minimum Gasteiger partial charge on any atom is -0.380 e. The third-order valence-electron chi connectivity index (χ3n) is 5.07. The molecule has 2 aromatic carbocycles. The number of fused-ring (bicyclic) bond motifs is 1. The fourth-order valence-corrected chi connectivity index (χ4v) is 3.53. The lowest BCUT2D eigenvalue weighted by Crippen LogP contribution is -2.18. The Bertz CT molecular complexity index is 1010. The topological polar surface area (TPSA) is 59.1 Å². The van der Waals surface area contributed by atoms with Gasteiger partial charge in [0.05, 0.1) is 41.7 Å². The molecule has 5 nitrogen and oxygen atoms in total. The molecule has 1 saturated heterocycles. The summed E-state index contributed by atoms with van der Waals surface area (Å²) in [6, 6.07) is 9.48. The van der Waals surface area contributed by atoms with Crippen LogP contribution in [0.15, 0.2) is 42.6 Å². The summed E-state index contributed by atoms with van der Waals surface area (Å²) in [5.41, 5.74) is 1.82. The molecule has 1 aromatic heterocycles. The minimum absolute atomic E-state index is 0.171. The number of benzene rings is 2. The monoisotopic (exact) mass is 402 g/mol. The summed E-state index contributed by atoms with van der Waals surface area (Å²) in [6.45, 7) is 3.12. The maximum Gasteiger partial charge on any atom is 0.266 e. The predicted molar refractivity (Wildman–Crippen MR) is 106 cm³/mol. The van der Waals surface area contributed by atoms with Gasteiger partial charge in [0, 0.05) is 23.2 Å². The van der Waals surface area contributed by atoms with Gasteiger partial charge in [0.2, 0.25) is 0 Å². The summed E-state index contributed by atoms with van der Waals surface area (Å²) in [7, 11) is 0. The van der Waals surface area contributed by atoms with Gasteiger partial charge in [-0.05, 0) is 31.5 Å². The van der Waals surface area contributed by atoms with Crippen molar-refractivity contribution in [3.63, 3.8) is 0 Å². The molecular weight excluding hydrogens is 381 g/mol. The Morgan fingerprint density at radius 1 is 1.17 bits per heavy atom. The standard InChI is InChI=1S/C21H21F3N4O/c1-12(15-3-2-4-16(20(15)22)21(23)24)26-19-10-25-28-18-6-5-13(9-17(18)19)27-14-7-8-29-11-14/h2-6,9-10,12,14,21,27H,7-8,11H2,1H3,(H,26,28)/t12-,14+/m1/s1.